The second kappa shape index (κ2) is 6.86. The molecule has 0 bridgehead atoms. The number of piperidine rings is 1. The van der Waals surface area contributed by atoms with Gasteiger partial charge < -0.3 is 16.0 Å². The van der Waals surface area contributed by atoms with Crippen LogP contribution in [0.2, 0.25) is 0 Å². The third-order valence-electron chi connectivity index (χ3n) is 3.41. The van der Waals surface area contributed by atoms with Gasteiger partial charge in [-0.2, -0.15) is 0 Å². The van der Waals surface area contributed by atoms with Crippen LogP contribution in [0.3, 0.4) is 0 Å². The predicted octanol–water partition coefficient (Wildman–Crippen LogP) is 0.429. The molecule has 16 heavy (non-hydrogen) atoms. The molecule has 1 atom stereocenters. The van der Waals surface area contributed by atoms with E-state index in [-0.39, 0.29) is 11.8 Å². The average molecular weight is 227 g/mol. The minimum absolute atomic E-state index is 0.0229. The van der Waals surface area contributed by atoms with E-state index in [1.807, 2.05) is 6.92 Å². The molecular weight excluding hydrogens is 202 g/mol. The Hall–Kier alpha value is -0.610. The fraction of sp³-hybridized carbons (Fsp3) is 0.917. The summed E-state index contributed by atoms with van der Waals surface area (Å²) in [6.45, 7) is 9.27. The highest BCUT2D eigenvalue weighted by Crippen LogP contribution is 2.17. The molecule has 1 aliphatic heterocycles. The first-order valence-corrected chi connectivity index (χ1v) is 6.35. The summed E-state index contributed by atoms with van der Waals surface area (Å²) in [7, 11) is 0. The number of carbonyl (C=O) groups is 1. The Morgan fingerprint density at radius 1 is 1.50 bits per heavy atom. The zero-order chi connectivity index (χ0) is 12.0. The molecule has 3 N–H and O–H groups in total. The number of carbonyl (C=O) groups excluding carboxylic acids is 1. The Morgan fingerprint density at radius 2 is 2.12 bits per heavy atom. The normalized spacial score (nSPS) is 20.9. The summed E-state index contributed by atoms with van der Waals surface area (Å²) in [5.41, 5.74) is 5.27. The highest BCUT2D eigenvalue weighted by molar-refractivity contribution is 5.76. The van der Waals surface area contributed by atoms with Crippen LogP contribution in [0, 0.1) is 11.8 Å². The summed E-state index contributed by atoms with van der Waals surface area (Å²) in [5, 5.41) is 3.40. The molecule has 1 heterocycles. The van der Waals surface area contributed by atoms with E-state index in [0.717, 1.165) is 38.6 Å². The molecule has 0 spiro atoms. The number of rotatable bonds is 6. The van der Waals surface area contributed by atoms with Gasteiger partial charge in [0.2, 0.25) is 5.91 Å². The molecule has 0 radical (unpaired) electrons. The van der Waals surface area contributed by atoms with Gasteiger partial charge in [0.25, 0.3) is 0 Å². The Morgan fingerprint density at radius 3 is 2.62 bits per heavy atom. The van der Waals surface area contributed by atoms with Crippen LogP contribution in [0.15, 0.2) is 0 Å². The Kier molecular flexibility index (Phi) is 5.77. The molecule has 1 rings (SSSR count). The van der Waals surface area contributed by atoms with Gasteiger partial charge in [0, 0.05) is 12.5 Å². The Bertz CT molecular complexity index is 212. The van der Waals surface area contributed by atoms with E-state index in [1.54, 1.807) is 0 Å². The lowest BCUT2D eigenvalue weighted by Gasteiger charge is -2.33. The van der Waals surface area contributed by atoms with Gasteiger partial charge in [-0.25, -0.2) is 0 Å². The van der Waals surface area contributed by atoms with Crippen molar-refractivity contribution in [3.8, 4) is 0 Å². The zero-order valence-corrected chi connectivity index (χ0v) is 10.5. The first kappa shape index (κ1) is 13.5. The van der Waals surface area contributed by atoms with Crippen LogP contribution in [-0.2, 0) is 4.79 Å². The summed E-state index contributed by atoms with van der Waals surface area (Å²) in [6.07, 6.45) is 2.47. The van der Waals surface area contributed by atoms with Gasteiger partial charge in [-0.1, -0.05) is 13.8 Å². The molecule has 1 saturated heterocycles. The minimum atomic E-state index is -0.185. The van der Waals surface area contributed by atoms with Crippen LogP contribution in [-0.4, -0.2) is 43.5 Å². The van der Waals surface area contributed by atoms with Gasteiger partial charge in [-0.05, 0) is 44.9 Å². The summed E-state index contributed by atoms with van der Waals surface area (Å²) in [5.74, 6) is 0.597. The fourth-order valence-corrected chi connectivity index (χ4v) is 2.20. The second-order valence-corrected chi connectivity index (χ2v) is 4.86. The molecule has 0 saturated carbocycles. The van der Waals surface area contributed by atoms with Crippen LogP contribution in [0.5, 0.6) is 0 Å². The molecule has 4 heteroatoms. The van der Waals surface area contributed by atoms with Crippen molar-refractivity contribution in [3.63, 3.8) is 0 Å². The van der Waals surface area contributed by atoms with Crippen LogP contribution in [0.25, 0.3) is 0 Å². The van der Waals surface area contributed by atoms with E-state index in [2.05, 4.69) is 17.1 Å². The lowest BCUT2D eigenvalue weighted by Crippen LogP contribution is -2.41. The molecule has 94 valence electrons. The lowest BCUT2D eigenvalue weighted by molar-refractivity contribution is -0.121. The van der Waals surface area contributed by atoms with Crippen LogP contribution < -0.4 is 11.1 Å². The van der Waals surface area contributed by atoms with E-state index in [0.29, 0.717) is 0 Å². The third kappa shape index (κ3) is 4.49. The van der Waals surface area contributed by atoms with Gasteiger partial charge in [-0.15, -0.1) is 0 Å². The van der Waals surface area contributed by atoms with Gasteiger partial charge in [0.05, 0.1) is 0 Å². The summed E-state index contributed by atoms with van der Waals surface area (Å²) >= 11 is 0. The highest BCUT2D eigenvalue weighted by atomic mass is 16.1. The molecule has 1 fully saturated rings. The average Bonchev–Trinajstić information content (AvgIpc) is 2.28. The van der Waals surface area contributed by atoms with Crippen molar-refractivity contribution >= 4 is 5.91 Å². The van der Waals surface area contributed by atoms with Crippen molar-refractivity contribution in [3.05, 3.63) is 0 Å². The summed E-state index contributed by atoms with van der Waals surface area (Å²) < 4.78 is 0. The highest BCUT2D eigenvalue weighted by Gasteiger charge is 2.21. The number of hydrogen-bond donors (Lipinski definition) is 2. The number of hydrogen-bond acceptors (Lipinski definition) is 3. The van der Waals surface area contributed by atoms with Crippen molar-refractivity contribution in [1.29, 1.82) is 0 Å². The van der Waals surface area contributed by atoms with Crippen LogP contribution in [0.4, 0.5) is 0 Å². The van der Waals surface area contributed by atoms with E-state index in [9.17, 15) is 4.79 Å². The maximum absolute atomic E-state index is 11.0. The zero-order valence-electron chi connectivity index (χ0n) is 10.5. The monoisotopic (exact) mass is 227 g/mol. The van der Waals surface area contributed by atoms with Crippen LogP contribution in [0.1, 0.15) is 26.7 Å². The van der Waals surface area contributed by atoms with Crippen molar-refractivity contribution in [1.82, 2.24) is 10.2 Å². The van der Waals surface area contributed by atoms with E-state index < -0.39 is 0 Å². The molecule has 1 aliphatic rings. The molecular formula is C12H25N3O. The Labute approximate surface area is 98.6 Å². The molecule has 1 amide bonds. The van der Waals surface area contributed by atoms with Gasteiger partial charge >= 0.3 is 0 Å². The van der Waals surface area contributed by atoms with Gasteiger partial charge in [0.1, 0.15) is 0 Å². The number of nitrogens with two attached hydrogens (primary N) is 1. The molecule has 0 aromatic rings. The fourth-order valence-electron chi connectivity index (χ4n) is 2.20. The third-order valence-corrected chi connectivity index (χ3v) is 3.41. The van der Waals surface area contributed by atoms with E-state index in [4.69, 9.17) is 5.73 Å². The standard InChI is InChI=1S/C12H25N3O/c1-3-14-8-11-4-6-15(7-5-11)9-10(2)12(13)16/h10-11,14H,3-9H2,1-2H3,(H2,13,16). The number of amides is 1. The van der Waals surface area contributed by atoms with Crippen molar-refractivity contribution in [2.45, 2.75) is 26.7 Å². The predicted molar refractivity (Wildman–Crippen MR) is 66.1 cm³/mol. The molecule has 0 aromatic heterocycles. The van der Waals surface area contributed by atoms with Crippen molar-refractivity contribution in [2.75, 3.05) is 32.7 Å². The van der Waals surface area contributed by atoms with Crippen molar-refractivity contribution in [2.24, 2.45) is 17.6 Å². The molecule has 1 unspecified atom stereocenters. The maximum Gasteiger partial charge on any atom is 0.221 e. The molecule has 0 aromatic carbocycles. The largest absolute Gasteiger partial charge is 0.369 e. The first-order chi connectivity index (χ1) is 7.63. The molecule has 0 aliphatic carbocycles. The second-order valence-electron chi connectivity index (χ2n) is 4.86. The first-order valence-electron chi connectivity index (χ1n) is 6.35. The molecule has 4 nitrogen and oxygen atoms in total. The smallest absolute Gasteiger partial charge is 0.221 e. The minimum Gasteiger partial charge on any atom is -0.369 e. The topological polar surface area (TPSA) is 58.4 Å². The summed E-state index contributed by atoms with van der Waals surface area (Å²) in [6, 6.07) is 0. The van der Waals surface area contributed by atoms with Gasteiger partial charge in [-0.3, -0.25) is 4.79 Å². The van der Waals surface area contributed by atoms with E-state index >= 15 is 0 Å². The quantitative estimate of drug-likeness (QED) is 0.692. The SMILES string of the molecule is CCNCC1CCN(CC(C)C(N)=O)CC1. The number of nitrogens with zero attached hydrogens (tertiary/aromatic N) is 1. The van der Waals surface area contributed by atoms with Crippen molar-refractivity contribution < 1.29 is 4.79 Å². The number of likely N-dealkylation sites (tertiary alicyclic amines) is 1. The van der Waals surface area contributed by atoms with Gasteiger partial charge in [0.15, 0.2) is 0 Å². The van der Waals surface area contributed by atoms with Crippen LogP contribution >= 0.6 is 0 Å². The Balaban J connectivity index is 2.19. The number of primary amides is 1. The van der Waals surface area contributed by atoms with E-state index in [1.165, 1.54) is 12.8 Å². The lowest BCUT2D eigenvalue weighted by atomic mass is 9.96. The maximum atomic E-state index is 11.0. The number of nitrogens with one attached hydrogen (secondary N) is 1. The summed E-state index contributed by atoms with van der Waals surface area (Å²) in [4.78, 5) is 13.3.